The molecule has 2 saturated heterocycles. The van der Waals surface area contributed by atoms with Gasteiger partial charge in [-0.25, -0.2) is 8.42 Å². The van der Waals surface area contributed by atoms with Crippen LogP contribution in [0.3, 0.4) is 0 Å². The molecule has 0 bridgehead atoms. The lowest BCUT2D eigenvalue weighted by Crippen LogP contribution is -2.59. The molecule has 0 amide bonds. The van der Waals surface area contributed by atoms with Crippen molar-refractivity contribution >= 4 is 27.0 Å². The summed E-state index contributed by atoms with van der Waals surface area (Å²) in [7, 11) is -3.49. The summed E-state index contributed by atoms with van der Waals surface area (Å²) in [5.74, 6) is 0. The molecule has 32 heavy (non-hydrogen) atoms. The van der Waals surface area contributed by atoms with E-state index < -0.39 is 15.6 Å². The molecule has 2 aliphatic heterocycles. The molecule has 7 nitrogen and oxygen atoms in total. The fraction of sp³-hybridized carbons (Fsp3) is 0.565. The Labute approximate surface area is 195 Å². The molecule has 1 aromatic heterocycles. The van der Waals surface area contributed by atoms with Crippen molar-refractivity contribution in [3.8, 4) is 0 Å². The minimum absolute atomic E-state index is 0.0248. The zero-order valence-corrected chi connectivity index (χ0v) is 20.6. The SMILES string of the molecule is CC1CN(CC2CN(S(=O)(=O)c3cccs3)CCN2c2ccc(C(C)(C)O)cc2)CCO1. The molecular weight excluding hydrogens is 446 g/mol. The van der Waals surface area contributed by atoms with Crippen molar-refractivity contribution in [1.29, 1.82) is 0 Å². The van der Waals surface area contributed by atoms with Gasteiger partial charge in [0.05, 0.1) is 24.4 Å². The number of aliphatic hydroxyl groups is 1. The second-order valence-corrected chi connectivity index (χ2v) is 12.3. The van der Waals surface area contributed by atoms with E-state index in [9.17, 15) is 13.5 Å². The van der Waals surface area contributed by atoms with Crippen LogP contribution in [0.2, 0.25) is 0 Å². The molecule has 0 aliphatic carbocycles. The van der Waals surface area contributed by atoms with Crippen LogP contribution < -0.4 is 4.90 Å². The van der Waals surface area contributed by atoms with Gasteiger partial charge in [-0.05, 0) is 49.9 Å². The van der Waals surface area contributed by atoms with E-state index in [1.54, 1.807) is 35.7 Å². The van der Waals surface area contributed by atoms with Crippen molar-refractivity contribution in [3.05, 3.63) is 47.3 Å². The second kappa shape index (κ2) is 9.40. The number of nitrogens with zero attached hydrogens (tertiary/aromatic N) is 3. The first kappa shape index (κ1) is 23.7. The van der Waals surface area contributed by atoms with Gasteiger partial charge in [0.25, 0.3) is 10.0 Å². The molecule has 4 rings (SSSR count). The number of piperazine rings is 1. The number of morpholine rings is 1. The Bertz CT molecular complexity index is 987. The Morgan fingerprint density at radius 1 is 1.12 bits per heavy atom. The zero-order chi connectivity index (χ0) is 22.9. The summed E-state index contributed by atoms with van der Waals surface area (Å²) in [6, 6.07) is 11.5. The van der Waals surface area contributed by atoms with Crippen molar-refractivity contribution in [2.45, 2.75) is 42.7 Å². The summed E-state index contributed by atoms with van der Waals surface area (Å²) < 4.78 is 34.1. The third-order valence-corrected chi connectivity index (χ3v) is 9.47. The van der Waals surface area contributed by atoms with E-state index in [1.807, 2.05) is 24.3 Å². The van der Waals surface area contributed by atoms with Gasteiger partial charge in [0.15, 0.2) is 0 Å². The third-order valence-electron chi connectivity index (χ3n) is 6.23. The summed E-state index contributed by atoms with van der Waals surface area (Å²) >= 11 is 1.27. The molecule has 1 aromatic carbocycles. The highest BCUT2D eigenvalue weighted by atomic mass is 32.2. The zero-order valence-electron chi connectivity index (χ0n) is 19.0. The Morgan fingerprint density at radius 2 is 1.88 bits per heavy atom. The van der Waals surface area contributed by atoms with Crippen molar-refractivity contribution in [2.75, 3.05) is 50.8 Å². The number of benzene rings is 1. The van der Waals surface area contributed by atoms with Gasteiger partial charge in [-0.15, -0.1) is 11.3 Å². The lowest BCUT2D eigenvalue weighted by molar-refractivity contribution is -0.0210. The smallest absolute Gasteiger partial charge is 0.252 e. The number of rotatable bonds is 6. The molecule has 0 saturated carbocycles. The maximum absolute atomic E-state index is 13.2. The minimum atomic E-state index is -3.49. The van der Waals surface area contributed by atoms with E-state index in [4.69, 9.17) is 4.74 Å². The first-order valence-electron chi connectivity index (χ1n) is 11.1. The van der Waals surface area contributed by atoms with Crippen molar-refractivity contribution in [3.63, 3.8) is 0 Å². The molecule has 2 fully saturated rings. The van der Waals surface area contributed by atoms with E-state index in [0.717, 1.165) is 30.9 Å². The summed E-state index contributed by atoms with van der Waals surface area (Å²) in [5, 5.41) is 12.1. The predicted octanol–water partition coefficient (Wildman–Crippen LogP) is 2.58. The van der Waals surface area contributed by atoms with Crippen LogP contribution in [-0.2, 0) is 20.4 Å². The number of thiophene rings is 1. The lowest BCUT2D eigenvalue weighted by atomic mass is 9.98. The molecule has 0 spiro atoms. The molecular formula is C23H33N3O4S2. The molecule has 9 heteroatoms. The van der Waals surface area contributed by atoms with Gasteiger partial charge in [0, 0.05) is 45.0 Å². The molecule has 1 N–H and O–H groups in total. The van der Waals surface area contributed by atoms with Gasteiger partial charge in [-0.3, -0.25) is 4.90 Å². The van der Waals surface area contributed by atoms with Crippen LogP contribution in [0.5, 0.6) is 0 Å². The molecule has 176 valence electrons. The highest BCUT2D eigenvalue weighted by molar-refractivity contribution is 7.91. The van der Waals surface area contributed by atoms with Crippen molar-refractivity contribution in [2.24, 2.45) is 0 Å². The molecule has 2 atom stereocenters. The topological polar surface area (TPSA) is 73.3 Å². The number of hydrogen-bond acceptors (Lipinski definition) is 7. The predicted molar refractivity (Wildman–Crippen MR) is 128 cm³/mol. The van der Waals surface area contributed by atoms with Crippen LogP contribution in [0, 0.1) is 0 Å². The summed E-state index contributed by atoms with van der Waals surface area (Å²) in [5.41, 5.74) is 1.02. The fourth-order valence-corrected chi connectivity index (χ4v) is 7.11. The fourth-order valence-electron chi connectivity index (χ4n) is 4.49. The van der Waals surface area contributed by atoms with Gasteiger partial charge >= 0.3 is 0 Å². The number of ether oxygens (including phenoxy) is 1. The maximum Gasteiger partial charge on any atom is 0.252 e. The average Bonchev–Trinajstić information content (AvgIpc) is 3.29. The van der Waals surface area contributed by atoms with Gasteiger partial charge in [-0.1, -0.05) is 18.2 Å². The Kier molecular flexibility index (Phi) is 6.95. The van der Waals surface area contributed by atoms with Gasteiger partial charge in [0.1, 0.15) is 4.21 Å². The Balaban J connectivity index is 1.58. The Morgan fingerprint density at radius 3 is 2.50 bits per heavy atom. The van der Waals surface area contributed by atoms with Crippen LogP contribution in [0.1, 0.15) is 26.3 Å². The van der Waals surface area contributed by atoms with Crippen LogP contribution in [0.25, 0.3) is 0 Å². The molecule has 0 radical (unpaired) electrons. The number of sulfonamides is 1. The third kappa shape index (κ3) is 5.18. The van der Waals surface area contributed by atoms with Crippen LogP contribution in [0.4, 0.5) is 5.69 Å². The van der Waals surface area contributed by atoms with Crippen molar-refractivity contribution < 1.29 is 18.3 Å². The van der Waals surface area contributed by atoms with E-state index in [-0.39, 0.29) is 12.1 Å². The van der Waals surface area contributed by atoms with E-state index in [2.05, 4.69) is 16.7 Å². The summed E-state index contributed by atoms with van der Waals surface area (Å²) in [6.45, 7) is 10.3. The van der Waals surface area contributed by atoms with Crippen LogP contribution >= 0.6 is 11.3 Å². The van der Waals surface area contributed by atoms with Gasteiger partial charge in [-0.2, -0.15) is 4.31 Å². The highest BCUT2D eigenvalue weighted by Crippen LogP contribution is 2.29. The van der Waals surface area contributed by atoms with Crippen LogP contribution in [-0.4, -0.2) is 80.8 Å². The summed E-state index contributed by atoms with van der Waals surface area (Å²) in [4.78, 5) is 4.69. The average molecular weight is 480 g/mol. The highest BCUT2D eigenvalue weighted by Gasteiger charge is 2.36. The lowest BCUT2D eigenvalue weighted by Gasteiger charge is -2.45. The minimum Gasteiger partial charge on any atom is -0.386 e. The first-order chi connectivity index (χ1) is 15.1. The molecule has 3 heterocycles. The van der Waals surface area contributed by atoms with E-state index >= 15 is 0 Å². The largest absolute Gasteiger partial charge is 0.386 e. The van der Waals surface area contributed by atoms with Gasteiger partial charge in [0.2, 0.25) is 0 Å². The van der Waals surface area contributed by atoms with E-state index in [1.165, 1.54) is 11.3 Å². The maximum atomic E-state index is 13.2. The number of hydrogen-bond donors (Lipinski definition) is 1. The normalized spacial score (nSPS) is 24.1. The monoisotopic (exact) mass is 479 g/mol. The Hall–Kier alpha value is -1.49. The summed E-state index contributed by atoms with van der Waals surface area (Å²) in [6.07, 6.45) is 0.179. The van der Waals surface area contributed by atoms with Gasteiger partial charge < -0.3 is 14.7 Å². The molecule has 2 aliphatic rings. The van der Waals surface area contributed by atoms with Crippen LogP contribution in [0.15, 0.2) is 46.0 Å². The first-order valence-corrected chi connectivity index (χ1v) is 13.4. The van der Waals surface area contributed by atoms with E-state index in [0.29, 0.717) is 30.5 Å². The molecule has 2 unspecified atom stereocenters. The molecule has 2 aromatic rings. The number of anilines is 1. The quantitative estimate of drug-likeness (QED) is 0.687. The second-order valence-electron chi connectivity index (χ2n) is 9.19. The standard InChI is InChI=1S/C23H33N3O4S2/c1-18-15-24(12-13-30-18)16-21-17-25(32(28,29)22-5-4-14-31-22)10-11-26(21)20-8-6-19(7-9-20)23(2,3)27/h4-9,14,18,21,27H,10-13,15-17H2,1-3H3. The van der Waals surface area contributed by atoms with Crippen molar-refractivity contribution in [1.82, 2.24) is 9.21 Å².